The van der Waals surface area contributed by atoms with Gasteiger partial charge in [-0.15, -0.1) is 0 Å². The van der Waals surface area contributed by atoms with Crippen molar-refractivity contribution < 1.29 is 22.5 Å². The second kappa shape index (κ2) is 7.24. The third kappa shape index (κ3) is 4.58. The van der Waals surface area contributed by atoms with Crippen LogP contribution in [-0.4, -0.2) is 11.1 Å². The van der Waals surface area contributed by atoms with Crippen molar-refractivity contribution in [2.45, 2.75) is 6.18 Å². The molecule has 0 radical (unpaired) electrons. The summed E-state index contributed by atoms with van der Waals surface area (Å²) in [6.07, 6.45) is -3.71. The summed E-state index contributed by atoms with van der Waals surface area (Å²) in [6.45, 7) is 0. The maximum Gasteiger partial charge on any atom is 0.416 e. The normalized spacial score (nSPS) is 11.8. The van der Waals surface area contributed by atoms with Crippen LogP contribution < -0.4 is 5.43 Å². The molecule has 2 aromatic carbocycles. The Hall–Kier alpha value is -2.39. The van der Waals surface area contributed by atoms with Gasteiger partial charge in [0.15, 0.2) is 0 Å². The van der Waals surface area contributed by atoms with E-state index in [1.54, 1.807) is 0 Å². The van der Waals surface area contributed by atoms with Crippen LogP contribution in [0, 0.1) is 15.9 Å². The second-order valence-electron chi connectivity index (χ2n) is 4.65. The highest BCUT2D eigenvalue weighted by Gasteiger charge is 2.32. The van der Waals surface area contributed by atoms with Crippen LogP contribution in [0.1, 0.15) is 11.1 Å². The van der Waals surface area contributed by atoms with Crippen molar-refractivity contribution in [3.63, 3.8) is 0 Å². The maximum atomic E-state index is 13.6. The van der Waals surface area contributed by atoms with Gasteiger partial charge in [-0.2, -0.15) is 18.3 Å². The fourth-order valence-corrected chi connectivity index (χ4v) is 2.33. The Bertz CT molecular complexity index is 833. The first-order valence-electron chi connectivity index (χ1n) is 6.39. The number of hydrazone groups is 1. The molecule has 0 fully saturated rings. The Morgan fingerprint density at radius 2 is 1.76 bits per heavy atom. The van der Waals surface area contributed by atoms with Crippen LogP contribution in [0.5, 0.6) is 0 Å². The summed E-state index contributed by atoms with van der Waals surface area (Å²) in [5.74, 6) is -0.777. The fourth-order valence-electron chi connectivity index (χ4n) is 1.75. The number of benzene rings is 2. The molecule has 132 valence electrons. The van der Waals surface area contributed by atoms with Gasteiger partial charge < -0.3 is 0 Å². The van der Waals surface area contributed by atoms with E-state index < -0.39 is 22.5 Å². The molecule has 0 bridgehead atoms. The van der Waals surface area contributed by atoms with E-state index in [4.69, 9.17) is 23.2 Å². The number of nitro benzene ring substituents is 1. The molecule has 0 amide bonds. The zero-order valence-electron chi connectivity index (χ0n) is 11.9. The molecule has 0 saturated carbocycles. The highest BCUT2D eigenvalue weighted by molar-refractivity contribution is 6.39. The number of halogens is 6. The zero-order chi connectivity index (χ0) is 18.8. The topological polar surface area (TPSA) is 67.5 Å². The Morgan fingerprint density at radius 1 is 1.16 bits per heavy atom. The summed E-state index contributed by atoms with van der Waals surface area (Å²) in [6, 6.07) is 4.11. The minimum Gasteiger partial charge on any atom is -0.275 e. The molecule has 0 aliphatic carbocycles. The van der Waals surface area contributed by atoms with Gasteiger partial charge in [0.2, 0.25) is 0 Å². The number of non-ortho nitro benzene ring substituents is 1. The van der Waals surface area contributed by atoms with E-state index in [2.05, 4.69) is 10.5 Å². The first-order valence-corrected chi connectivity index (χ1v) is 7.14. The number of hydrogen-bond acceptors (Lipinski definition) is 4. The van der Waals surface area contributed by atoms with Crippen molar-refractivity contribution in [2.75, 3.05) is 5.43 Å². The van der Waals surface area contributed by atoms with E-state index in [1.165, 1.54) is 0 Å². The maximum absolute atomic E-state index is 13.6. The Labute approximate surface area is 148 Å². The molecule has 5 nitrogen and oxygen atoms in total. The summed E-state index contributed by atoms with van der Waals surface area (Å²) in [4.78, 5) is 9.94. The van der Waals surface area contributed by atoms with Crippen molar-refractivity contribution in [3.05, 3.63) is 67.4 Å². The molecular weight excluding hydrogens is 389 g/mol. The van der Waals surface area contributed by atoms with E-state index in [0.717, 1.165) is 24.4 Å². The summed E-state index contributed by atoms with van der Waals surface area (Å²) < 4.78 is 51.5. The zero-order valence-corrected chi connectivity index (χ0v) is 13.5. The quantitative estimate of drug-likeness (QED) is 0.321. The van der Waals surface area contributed by atoms with Gasteiger partial charge in [0, 0.05) is 17.7 Å². The summed E-state index contributed by atoms with van der Waals surface area (Å²) in [5.41, 5.74) is 0.559. The number of rotatable bonds is 4. The first kappa shape index (κ1) is 18.9. The van der Waals surface area contributed by atoms with Crippen molar-refractivity contribution in [1.82, 2.24) is 0 Å². The minimum atomic E-state index is -4.62. The predicted molar refractivity (Wildman–Crippen MR) is 85.7 cm³/mol. The van der Waals surface area contributed by atoms with Crippen LogP contribution in [0.15, 0.2) is 35.4 Å². The Morgan fingerprint density at radius 3 is 2.28 bits per heavy atom. The van der Waals surface area contributed by atoms with Crippen LogP contribution in [-0.2, 0) is 6.18 Å². The summed E-state index contributed by atoms with van der Waals surface area (Å²) >= 11 is 11.5. The van der Waals surface area contributed by atoms with Crippen molar-refractivity contribution >= 4 is 40.8 Å². The monoisotopic (exact) mass is 395 g/mol. The predicted octanol–water partition coefficient (Wildman–Crippen LogP) is 5.51. The van der Waals surface area contributed by atoms with Crippen molar-refractivity contribution in [1.29, 1.82) is 0 Å². The van der Waals surface area contributed by atoms with Gasteiger partial charge in [-0.3, -0.25) is 15.5 Å². The SMILES string of the molecule is O=[N+]([O-])c1ccc(F)c(/C=N/Nc2c(Cl)cc(C(F)(F)F)cc2Cl)c1. The largest absolute Gasteiger partial charge is 0.416 e. The van der Waals surface area contributed by atoms with E-state index in [-0.39, 0.29) is 27.0 Å². The average Bonchev–Trinajstić information content (AvgIpc) is 2.50. The molecule has 0 spiro atoms. The Balaban J connectivity index is 2.26. The molecule has 0 unspecified atom stereocenters. The van der Waals surface area contributed by atoms with Gasteiger partial charge >= 0.3 is 6.18 Å². The second-order valence-corrected chi connectivity index (χ2v) is 5.46. The highest BCUT2D eigenvalue weighted by Crippen LogP contribution is 2.38. The van der Waals surface area contributed by atoms with E-state index in [1.807, 2.05) is 0 Å². The summed E-state index contributed by atoms with van der Waals surface area (Å²) in [7, 11) is 0. The number of nitrogens with zero attached hydrogens (tertiary/aromatic N) is 2. The van der Waals surface area contributed by atoms with Crippen LogP contribution >= 0.6 is 23.2 Å². The van der Waals surface area contributed by atoms with E-state index in [9.17, 15) is 27.7 Å². The van der Waals surface area contributed by atoms with Crippen LogP contribution in [0.25, 0.3) is 0 Å². The third-order valence-electron chi connectivity index (χ3n) is 2.94. The van der Waals surface area contributed by atoms with Gasteiger partial charge in [-0.1, -0.05) is 23.2 Å². The first-order chi connectivity index (χ1) is 11.6. The number of nitro groups is 1. The van der Waals surface area contributed by atoms with Gasteiger partial charge in [0.25, 0.3) is 5.69 Å². The standard InChI is InChI=1S/C14H7Cl2F4N3O2/c15-10-4-8(14(18,19)20)5-11(16)13(10)22-21-6-7-3-9(23(24)25)1-2-12(7)17/h1-6,22H/b21-6+. The molecule has 0 atom stereocenters. The fraction of sp³-hybridized carbons (Fsp3) is 0.0714. The van der Waals surface area contributed by atoms with Crippen molar-refractivity contribution in [3.8, 4) is 0 Å². The molecule has 0 aromatic heterocycles. The number of nitrogens with one attached hydrogen (secondary N) is 1. The lowest BCUT2D eigenvalue weighted by molar-refractivity contribution is -0.384. The average molecular weight is 396 g/mol. The molecule has 2 aromatic rings. The van der Waals surface area contributed by atoms with Crippen LogP contribution in [0.3, 0.4) is 0 Å². The molecular formula is C14H7Cl2F4N3O2. The molecule has 25 heavy (non-hydrogen) atoms. The lowest BCUT2D eigenvalue weighted by Crippen LogP contribution is -2.05. The minimum absolute atomic E-state index is 0.126. The molecule has 0 aliphatic heterocycles. The lowest BCUT2D eigenvalue weighted by atomic mass is 10.2. The van der Waals surface area contributed by atoms with E-state index in [0.29, 0.717) is 12.1 Å². The molecule has 11 heteroatoms. The van der Waals surface area contributed by atoms with Gasteiger partial charge in [0.1, 0.15) is 5.82 Å². The van der Waals surface area contributed by atoms with Gasteiger partial charge in [-0.05, 0) is 18.2 Å². The Kier molecular flexibility index (Phi) is 5.48. The smallest absolute Gasteiger partial charge is 0.275 e. The number of hydrogen-bond donors (Lipinski definition) is 1. The third-order valence-corrected chi connectivity index (χ3v) is 3.54. The van der Waals surface area contributed by atoms with Crippen LogP contribution in [0.2, 0.25) is 10.0 Å². The molecule has 2 rings (SSSR count). The van der Waals surface area contributed by atoms with Gasteiger partial charge in [-0.25, -0.2) is 4.39 Å². The summed E-state index contributed by atoms with van der Waals surface area (Å²) in [5, 5.41) is 13.6. The molecule has 1 N–H and O–H groups in total. The number of alkyl halides is 3. The van der Waals surface area contributed by atoms with Crippen molar-refractivity contribution in [2.24, 2.45) is 5.10 Å². The lowest BCUT2D eigenvalue weighted by Gasteiger charge is -2.11. The van der Waals surface area contributed by atoms with Crippen LogP contribution in [0.4, 0.5) is 28.9 Å². The molecule has 0 aliphatic rings. The molecule has 0 saturated heterocycles. The number of anilines is 1. The van der Waals surface area contributed by atoms with E-state index >= 15 is 0 Å². The highest BCUT2D eigenvalue weighted by atomic mass is 35.5. The molecule has 0 heterocycles. The van der Waals surface area contributed by atoms with Gasteiger partial charge in [0.05, 0.1) is 32.4 Å².